The second-order valence-electron chi connectivity index (χ2n) is 11.6. The van der Waals surface area contributed by atoms with Crippen molar-refractivity contribution in [3.05, 3.63) is 40.5 Å². The quantitative estimate of drug-likeness (QED) is 0.402. The predicted octanol–water partition coefficient (Wildman–Crippen LogP) is 7.02. The van der Waals surface area contributed by atoms with Gasteiger partial charge in [0.2, 0.25) is 0 Å². The Morgan fingerprint density at radius 1 is 0.767 bits per heavy atom. The van der Waals surface area contributed by atoms with Crippen LogP contribution < -0.4 is 0 Å². The fourth-order valence-corrected chi connectivity index (χ4v) is 5.14. The summed E-state index contributed by atoms with van der Waals surface area (Å²) in [5.74, 6) is 0.115. The molecule has 0 saturated heterocycles. The van der Waals surface area contributed by atoms with Crippen molar-refractivity contribution in [3.8, 4) is 0 Å². The molecule has 0 bridgehead atoms. The Balaban J connectivity index is 2.12. The molecule has 1 aromatic rings. The van der Waals surface area contributed by atoms with E-state index in [1.54, 1.807) is 6.08 Å². The predicted molar refractivity (Wildman–Crippen MR) is 134 cm³/mol. The molecule has 1 aliphatic rings. The molecule has 5 heteroatoms. The van der Waals surface area contributed by atoms with Crippen LogP contribution in [0.25, 0.3) is 6.08 Å². The standard InChI is InChI=1S/C25H42O3Si2/c1-24(2,3)29(7,8)27-15-13-19-17-20(21-11-12-23(26)22(21)18-19)14-16-28-30(9,10)25(4,5)6/h11-12,17-18H,13-16H2,1-10H3. The average Bonchev–Trinajstić information content (AvgIpc) is 2.94. The summed E-state index contributed by atoms with van der Waals surface area (Å²) in [5.41, 5.74) is 4.32. The van der Waals surface area contributed by atoms with E-state index < -0.39 is 16.6 Å². The Morgan fingerprint density at radius 3 is 1.77 bits per heavy atom. The average molecular weight is 447 g/mol. The first-order valence-electron chi connectivity index (χ1n) is 11.2. The molecule has 3 nitrogen and oxygen atoms in total. The number of fused-ring (bicyclic) bond motifs is 1. The second-order valence-corrected chi connectivity index (χ2v) is 21.2. The summed E-state index contributed by atoms with van der Waals surface area (Å²) in [4.78, 5) is 12.4. The Kier molecular flexibility index (Phi) is 7.45. The van der Waals surface area contributed by atoms with Crippen molar-refractivity contribution in [2.75, 3.05) is 13.2 Å². The minimum atomic E-state index is -1.77. The van der Waals surface area contributed by atoms with Crippen molar-refractivity contribution >= 4 is 28.5 Å². The first-order valence-corrected chi connectivity index (χ1v) is 17.0. The van der Waals surface area contributed by atoms with Gasteiger partial charge in [-0.2, -0.15) is 0 Å². The molecule has 30 heavy (non-hydrogen) atoms. The van der Waals surface area contributed by atoms with Crippen LogP contribution in [0.4, 0.5) is 0 Å². The van der Waals surface area contributed by atoms with E-state index in [1.165, 1.54) is 11.1 Å². The third kappa shape index (κ3) is 5.81. The minimum absolute atomic E-state index is 0.115. The van der Waals surface area contributed by atoms with Crippen LogP contribution in [-0.2, 0) is 21.7 Å². The highest BCUT2D eigenvalue weighted by atomic mass is 28.4. The molecule has 0 radical (unpaired) electrons. The Bertz CT molecular complexity index is 809. The van der Waals surface area contributed by atoms with Crippen molar-refractivity contribution in [1.82, 2.24) is 0 Å². The van der Waals surface area contributed by atoms with Gasteiger partial charge < -0.3 is 8.85 Å². The van der Waals surface area contributed by atoms with E-state index in [2.05, 4.69) is 79.9 Å². The number of carbonyl (C=O) groups excluding carboxylic acids is 1. The Hall–Kier alpha value is -1.02. The maximum absolute atomic E-state index is 12.4. The van der Waals surface area contributed by atoms with Gasteiger partial charge in [-0.3, -0.25) is 4.79 Å². The molecule has 0 aromatic heterocycles. The van der Waals surface area contributed by atoms with E-state index in [-0.39, 0.29) is 15.9 Å². The van der Waals surface area contributed by atoms with Gasteiger partial charge in [0, 0.05) is 18.8 Å². The van der Waals surface area contributed by atoms with Crippen molar-refractivity contribution < 1.29 is 13.6 Å². The van der Waals surface area contributed by atoms with Crippen LogP contribution in [0, 0.1) is 0 Å². The molecular weight excluding hydrogens is 404 g/mol. The van der Waals surface area contributed by atoms with Gasteiger partial charge in [-0.15, -0.1) is 0 Å². The number of hydrogen-bond acceptors (Lipinski definition) is 3. The van der Waals surface area contributed by atoms with Crippen LogP contribution in [-0.4, -0.2) is 35.6 Å². The van der Waals surface area contributed by atoms with Crippen LogP contribution in [0.5, 0.6) is 0 Å². The van der Waals surface area contributed by atoms with E-state index in [9.17, 15) is 4.79 Å². The van der Waals surface area contributed by atoms with Gasteiger partial charge in [0.1, 0.15) is 0 Å². The van der Waals surface area contributed by atoms with Crippen LogP contribution in [0.2, 0.25) is 36.3 Å². The SMILES string of the molecule is CC(C)(C)[Si](C)(C)OCCc1cc(CCO[Si](C)(C)C(C)(C)C)c2c(c1)C(=O)C=C2. The third-order valence-electron chi connectivity index (χ3n) is 7.29. The highest BCUT2D eigenvalue weighted by molar-refractivity contribution is 6.74. The van der Waals surface area contributed by atoms with E-state index in [1.807, 2.05) is 6.08 Å². The summed E-state index contributed by atoms with van der Waals surface area (Å²) in [7, 11) is -3.53. The molecule has 1 aromatic carbocycles. The summed E-state index contributed by atoms with van der Waals surface area (Å²) in [6, 6.07) is 4.32. The largest absolute Gasteiger partial charge is 0.416 e. The lowest BCUT2D eigenvalue weighted by atomic mass is 9.96. The van der Waals surface area contributed by atoms with E-state index in [0.717, 1.165) is 24.0 Å². The normalized spacial score (nSPS) is 15.1. The summed E-state index contributed by atoms with van der Waals surface area (Å²) in [6.07, 6.45) is 5.33. The summed E-state index contributed by atoms with van der Waals surface area (Å²) >= 11 is 0. The molecule has 0 fully saturated rings. The smallest absolute Gasteiger partial charge is 0.191 e. The monoisotopic (exact) mass is 446 g/mol. The number of ketones is 1. The molecule has 1 aliphatic carbocycles. The highest BCUT2D eigenvalue weighted by Crippen LogP contribution is 2.37. The lowest BCUT2D eigenvalue weighted by Crippen LogP contribution is -2.41. The van der Waals surface area contributed by atoms with Crippen molar-refractivity contribution in [1.29, 1.82) is 0 Å². The van der Waals surface area contributed by atoms with Gasteiger partial charge in [0.25, 0.3) is 0 Å². The summed E-state index contributed by atoms with van der Waals surface area (Å²) < 4.78 is 12.8. The maximum atomic E-state index is 12.4. The van der Waals surface area contributed by atoms with E-state index in [4.69, 9.17) is 8.85 Å². The molecule has 0 saturated carbocycles. The van der Waals surface area contributed by atoms with Crippen LogP contribution in [0.3, 0.4) is 0 Å². The molecular formula is C25H42O3Si2. The molecule has 0 atom stereocenters. The lowest BCUT2D eigenvalue weighted by Gasteiger charge is -2.36. The number of rotatable bonds is 8. The first-order chi connectivity index (χ1) is 13.6. The zero-order valence-electron chi connectivity index (χ0n) is 20.9. The fourth-order valence-electron chi connectivity index (χ4n) is 3.05. The molecule has 0 heterocycles. The minimum Gasteiger partial charge on any atom is -0.416 e. The van der Waals surface area contributed by atoms with Crippen LogP contribution >= 0.6 is 0 Å². The van der Waals surface area contributed by atoms with Crippen molar-refractivity contribution in [2.24, 2.45) is 0 Å². The fraction of sp³-hybridized carbons (Fsp3) is 0.640. The van der Waals surface area contributed by atoms with E-state index in [0.29, 0.717) is 13.2 Å². The number of hydrogen-bond donors (Lipinski definition) is 0. The van der Waals surface area contributed by atoms with Gasteiger partial charge in [-0.05, 0) is 77.9 Å². The van der Waals surface area contributed by atoms with Gasteiger partial charge in [-0.1, -0.05) is 53.7 Å². The van der Waals surface area contributed by atoms with Gasteiger partial charge in [-0.25, -0.2) is 0 Å². The second kappa shape index (κ2) is 8.85. The topological polar surface area (TPSA) is 35.5 Å². The molecule has 168 valence electrons. The van der Waals surface area contributed by atoms with Crippen LogP contribution in [0.1, 0.15) is 68.6 Å². The lowest BCUT2D eigenvalue weighted by molar-refractivity contribution is 0.105. The summed E-state index contributed by atoms with van der Waals surface area (Å²) in [5, 5.41) is 0.408. The van der Waals surface area contributed by atoms with Gasteiger partial charge >= 0.3 is 0 Å². The number of benzene rings is 1. The van der Waals surface area contributed by atoms with Crippen molar-refractivity contribution in [2.45, 2.75) is 90.6 Å². The zero-order chi connectivity index (χ0) is 23.0. The molecule has 0 N–H and O–H groups in total. The van der Waals surface area contributed by atoms with Crippen molar-refractivity contribution in [3.63, 3.8) is 0 Å². The molecule has 2 rings (SSSR count). The highest BCUT2D eigenvalue weighted by Gasteiger charge is 2.37. The number of carbonyl (C=O) groups is 1. The molecule has 0 amide bonds. The molecule has 0 unspecified atom stereocenters. The third-order valence-corrected chi connectivity index (χ3v) is 16.4. The zero-order valence-corrected chi connectivity index (χ0v) is 22.9. The van der Waals surface area contributed by atoms with Gasteiger partial charge in [0.05, 0.1) is 0 Å². The number of allylic oxidation sites excluding steroid dienone is 1. The molecule has 0 aliphatic heterocycles. The Labute approximate surface area is 186 Å². The maximum Gasteiger partial charge on any atom is 0.191 e. The Morgan fingerprint density at radius 2 is 1.27 bits per heavy atom. The summed E-state index contributed by atoms with van der Waals surface area (Å²) in [6.45, 7) is 24.1. The van der Waals surface area contributed by atoms with E-state index >= 15 is 0 Å². The first kappa shape index (κ1) is 25.2. The van der Waals surface area contributed by atoms with Crippen LogP contribution in [0.15, 0.2) is 18.2 Å². The van der Waals surface area contributed by atoms with Gasteiger partial charge in [0.15, 0.2) is 22.4 Å². The molecule has 0 spiro atoms.